The number of aromatic amines is 1. The molecule has 1 atom stereocenters. The molecule has 1 unspecified atom stereocenters. The molecule has 0 radical (unpaired) electrons. The first-order chi connectivity index (χ1) is 13.7. The fourth-order valence-corrected chi connectivity index (χ4v) is 4.24. The highest BCUT2D eigenvalue weighted by atomic mass is 19.1. The number of hydrogen-bond donors (Lipinski definition) is 1. The van der Waals surface area contributed by atoms with Crippen molar-refractivity contribution < 1.29 is 9.18 Å². The summed E-state index contributed by atoms with van der Waals surface area (Å²) in [4.78, 5) is 15.4. The van der Waals surface area contributed by atoms with Crippen molar-refractivity contribution in [3.05, 3.63) is 77.4 Å². The van der Waals surface area contributed by atoms with Crippen LogP contribution < -0.4 is 0 Å². The molecule has 5 heteroatoms. The van der Waals surface area contributed by atoms with E-state index in [4.69, 9.17) is 0 Å². The van der Waals surface area contributed by atoms with Crippen LogP contribution in [0.5, 0.6) is 0 Å². The second kappa shape index (κ2) is 6.89. The molecule has 0 bridgehead atoms. The minimum atomic E-state index is -0.256. The Bertz CT molecular complexity index is 1010. The summed E-state index contributed by atoms with van der Waals surface area (Å²) < 4.78 is 13.5. The van der Waals surface area contributed by atoms with Crippen molar-refractivity contribution in [1.82, 2.24) is 15.1 Å². The summed E-state index contributed by atoms with van der Waals surface area (Å²) in [5, 5.41) is 7.22. The lowest BCUT2D eigenvalue weighted by atomic mass is 9.91. The Labute approximate surface area is 163 Å². The zero-order valence-electron chi connectivity index (χ0n) is 15.6. The van der Waals surface area contributed by atoms with Gasteiger partial charge in [-0.3, -0.25) is 9.89 Å². The average Bonchev–Trinajstić information content (AvgIpc) is 3.44. The molecule has 4 nitrogen and oxygen atoms in total. The van der Waals surface area contributed by atoms with Crippen molar-refractivity contribution in [2.24, 2.45) is 0 Å². The van der Waals surface area contributed by atoms with Crippen molar-refractivity contribution in [2.45, 2.75) is 44.2 Å². The van der Waals surface area contributed by atoms with E-state index in [9.17, 15) is 9.18 Å². The lowest BCUT2D eigenvalue weighted by molar-refractivity contribution is 0.0643. The lowest BCUT2D eigenvalue weighted by Gasteiger charge is -2.34. The number of H-pyrrole nitrogens is 1. The van der Waals surface area contributed by atoms with Crippen molar-refractivity contribution >= 4 is 5.91 Å². The molecule has 1 saturated carbocycles. The van der Waals surface area contributed by atoms with Gasteiger partial charge in [0.1, 0.15) is 5.82 Å². The topological polar surface area (TPSA) is 49.0 Å². The summed E-state index contributed by atoms with van der Waals surface area (Å²) in [6.07, 6.45) is 6.85. The minimum absolute atomic E-state index is 0.102. The number of fused-ring (bicyclic) bond motifs is 1. The van der Waals surface area contributed by atoms with Gasteiger partial charge >= 0.3 is 0 Å². The molecule has 1 N–H and O–H groups in total. The molecular formula is C23H22FN3O. The minimum Gasteiger partial charge on any atom is -0.332 e. The van der Waals surface area contributed by atoms with Crippen molar-refractivity contribution in [3.63, 3.8) is 0 Å². The van der Waals surface area contributed by atoms with Gasteiger partial charge in [0.25, 0.3) is 5.91 Å². The smallest absolute Gasteiger partial charge is 0.254 e. The number of benzene rings is 2. The Hall–Kier alpha value is -2.95. The van der Waals surface area contributed by atoms with Crippen LogP contribution >= 0.6 is 0 Å². The van der Waals surface area contributed by atoms with Gasteiger partial charge in [-0.2, -0.15) is 5.10 Å². The average molecular weight is 375 g/mol. The first kappa shape index (κ1) is 17.2. The molecule has 0 saturated heterocycles. The van der Waals surface area contributed by atoms with Gasteiger partial charge in [-0.1, -0.05) is 24.3 Å². The molecule has 0 spiro atoms. The highest BCUT2D eigenvalue weighted by Gasteiger charge is 2.39. The van der Waals surface area contributed by atoms with E-state index in [0.29, 0.717) is 11.6 Å². The maximum Gasteiger partial charge on any atom is 0.254 e. The number of rotatable bonds is 4. The number of nitrogens with zero attached hydrogens (tertiary/aromatic N) is 2. The predicted octanol–water partition coefficient (Wildman–Crippen LogP) is 4.38. The van der Waals surface area contributed by atoms with Crippen molar-refractivity contribution in [3.8, 4) is 11.1 Å². The first-order valence-corrected chi connectivity index (χ1v) is 9.89. The number of nitrogens with one attached hydrogen (secondary N) is 1. The third-order valence-electron chi connectivity index (χ3n) is 5.85. The Balaban J connectivity index is 1.38. The van der Waals surface area contributed by atoms with Gasteiger partial charge in [-0.15, -0.1) is 0 Å². The van der Waals surface area contributed by atoms with Crippen LogP contribution in [0.1, 0.15) is 40.9 Å². The third-order valence-corrected chi connectivity index (χ3v) is 5.85. The van der Waals surface area contributed by atoms with Crippen LogP contribution in [0.15, 0.2) is 54.7 Å². The molecule has 2 aromatic carbocycles. The van der Waals surface area contributed by atoms with Gasteiger partial charge in [-0.05, 0) is 73.1 Å². The summed E-state index contributed by atoms with van der Waals surface area (Å²) in [5.74, 6) is -0.154. The Morgan fingerprint density at radius 3 is 2.61 bits per heavy atom. The normalized spacial score (nSPS) is 18.5. The van der Waals surface area contributed by atoms with E-state index >= 15 is 0 Å². The number of hydrogen-bond acceptors (Lipinski definition) is 2. The summed E-state index contributed by atoms with van der Waals surface area (Å²) in [6.45, 7) is 0. The number of halogens is 1. The quantitative estimate of drug-likeness (QED) is 0.736. The van der Waals surface area contributed by atoms with E-state index in [2.05, 4.69) is 15.1 Å². The monoisotopic (exact) mass is 375 g/mol. The highest BCUT2D eigenvalue weighted by molar-refractivity contribution is 5.95. The predicted molar refractivity (Wildman–Crippen MR) is 105 cm³/mol. The Kier molecular flexibility index (Phi) is 4.23. The molecule has 2 aliphatic carbocycles. The van der Waals surface area contributed by atoms with Crippen LogP contribution in [0, 0.1) is 5.82 Å². The number of aromatic nitrogens is 2. The number of aryl methyl sites for hydroxylation is 1. The molecule has 2 aliphatic rings. The molecule has 1 fully saturated rings. The Morgan fingerprint density at radius 1 is 1.04 bits per heavy atom. The molecule has 3 aromatic rings. The SMILES string of the molecule is O=C(c1ccc(-c2cccc(F)c2)cc1)N(C1CC1)C1CCc2[nH]ncc2C1. The van der Waals surface area contributed by atoms with E-state index < -0.39 is 0 Å². The molecule has 1 amide bonds. The molecule has 142 valence electrons. The number of amides is 1. The number of carbonyl (C=O) groups is 1. The van der Waals surface area contributed by atoms with Gasteiger partial charge in [0.2, 0.25) is 0 Å². The standard InChI is InChI=1S/C23H22FN3O/c24-19-3-1-2-17(12-19)15-4-6-16(7-5-15)23(28)27(20-8-9-20)21-10-11-22-18(13-21)14-25-26-22/h1-7,12,14,20-21H,8-11,13H2,(H,25,26). The Morgan fingerprint density at radius 2 is 1.86 bits per heavy atom. The second-order valence-corrected chi connectivity index (χ2v) is 7.80. The first-order valence-electron chi connectivity index (χ1n) is 9.89. The van der Waals surface area contributed by atoms with Gasteiger partial charge < -0.3 is 4.90 Å². The summed E-state index contributed by atoms with van der Waals surface area (Å²) in [7, 11) is 0. The molecule has 28 heavy (non-hydrogen) atoms. The fraction of sp³-hybridized carbons (Fsp3) is 0.304. The third kappa shape index (κ3) is 3.21. The maximum atomic E-state index is 13.5. The largest absolute Gasteiger partial charge is 0.332 e. The number of carbonyl (C=O) groups excluding carboxylic acids is 1. The van der Waals surface area contributed by atoms with Crippen molar-refractivity contribution in [2.75, 3.05) is 0 Å². The molecule has 5 rings (SSSR count). The summed E-state index contributed by atoms with van der Waals surface area (Å²) in [6, 6.07) is 14.6. The van der Waals surface area contributed by atoms with Crippen LogP contribution in [0.2, 0.25) is 0 Å². The van der Waals surface area contributed by atoms with Gasteiger partial charge in [0, 0.05) is 23.3 Å². The maximum absolute atomic E-state index is 13.5. The van der Waals surface area contributed by atoms with Crippen LogP contribution in [0.4, 0.5) is 4.39 Å². The summed E-state index contributed by atoms with van der Waals surface area (Å²) in [5.41, 5.74) is 4.87. The van der Waals surface area contributed by atoms with Gasteiger partial charge in [0.05, 0.1) is 6.20 Å². The zero-order chi connectivity index (χ0) is 19.1. The van der Waals surface area contributed by atoms with Crippen LogP contribution in [0.3, 0.4) is 0 Å². The second-order valence-electron chi connectivity index (χ2n) is 7.80. The lowest BCUT2D eigenvalue weighted by Crippen LogP contribution is -2.44. The van der Waals surface area contributed by atoms with Gasteiger partial charge in [0.15, 0.2) is 0 Å². The molecular weight excluding hydrogens is 353 g/mol. The van der Waals surface area contributed by atoms with E-state index in [0.717, 1.165) is 43.2 Å². The van der Waals surface area contributed by atoms with E-state index in [1.807, 2.05) is 36.5 Å². The van der Waals surface area contributed by atoms with Crippen LogP contribution in [0.25, 0.3) is 11.1 Å². The van der Waals surface area contributed by atoms with Crippen molar-refractivity contribution in [1.29, 1.82) is 0 Å². The molecule has 1 aromatic heterocycles. The van der Waals surface area contributed by atoms with Gasteiger partial charge in [-0.25, -0.2) is 4.39 Å². The highest BCUT2D eigenvalue weighted by Crippen LogP contribution is 2.34. The summed E-state index contributed by atoms with van der Waals surface area (Å²) >= 11 is 0. The van der Waals surface area contributed by atoms with E-state index in [1.165, 1.54) is 23.4 Å². The zero-order valence-corrected chi connectivity index (χ0v) is 15.6. The van der Waals surface area contributed by atoms with E-state index in [1.54, 1.807) is 6.07 Å². The van der Waals surface area contributed by atoms with Crippen LogP contribution in [-0.2, 0) is 12.8 Å². The fourth-order valence-electron chi connectivity index (χ4n) is 4.24. The van der Waals surface area contributed by atoms with E-state index in [-0.39, 0.29) is 17.8 Å². The molecule has 1 heterocycles. The molecule has 0 aliphatic heterocycles. The van der Waals surface area contributed by atoms with Crippen LogP contribution in [-0.4, -0.2) is 33.1 Å².